The summed E-state index contributed by atoms with van der Waals surface area (Å²) in [7, 11) is 5.59. The predicted octanol–water partition coefficient (Wildman–Crippen LogP) is 4.01. The number of carbonyl (C=O) groups is 1. The van der Waals surface area contributed by atoms with Crippen molar-refractivity contribution in [2.45, 2.75) is 25.4 Å². The molecule has 5 heteroatoms. The molecule has 1 saturated carbocycles. The lowest BCUT2D eigenvalue weighted by atomic mass is 9.73. The van der Waals surface area contributed by atoms with Gasteiger partial charge in [-0.3, -0.25) is 4.79 Å². The molecular weight excluding hydrogens is 364 g/mol. The minimum absolute atomic E-state index is 0.00534. The minimum Gasteiger partial charge on any atom is -0.438 e. The zero-order valence-electron chi connectivity index (χ0n) is 17.3. The van der Waals surface area contributed by atoms with Crippen molar-refractivity contribution in [3.05, 3.63) is 76.8 Å². The molecule has 0 aromatic heterocycles. The molecule has 2 heterocycles. The van der Waals surface area contributed by atoms with Crippen LogP contribution >= 0.6 is 0 Å². The van der Waals surface area contributed by atoms with Crippen molar-refractivity contribution in [1.82, 2.24) is 0 Å². The van der Waals surface area contributed by atoms with Crippen molar-refractivity contribution in [1.29, 1.82) is 0 Å². The summed E-state index contributed by atoms with van der Waals surface area (Å²) in [6.45, 7) is 4.33. The van der Waals surface area contributed by atoms with E-state index >= 15 is 0 Å². The fourth-order valence-corrected chi connectivity index (χ4v) is 4.94. The smallest absolute Gasteiger partial charge is 0.210 e. The van der Waals surface area contributed by atoms with Gasteiger partial charge in [-0.2, -0.15) is 0 Å². The van der Waals surface area contributed by atoms with E-state index in [-0.39, 0.29) is 11.2 Å². The van der Waals surface area contributed by atoms with Crippen molar-refractivity contribution in [2.24, 2.45) is 0 Å². The number of likely N-dealkylation sites (N-methyl/N-ethyl adjacent to an activating group) is 1. The summed E-state index contributed by atoms with van der Waals surface area (Å²) in [6, 6.07) is 16.1. The summed E-state index contributed by atoms with van der Waals surface area (Å²) < 4.78 is 11.9. The molecule has 0 saturated heterocycles. The average molecular weight is 388 g/mol. The van der Waals surface area contributed by atoms with Gasteiger partial charge in [-0.15, -0.1) is 0 Å². The minimum atomic E-state index is -0.416. The Kier molecular flexibility index (Phi) is 3.71. The zero-order valence-corrected chi connectivity index (χ0v) is 17.3. The monoisotopic (exact) mass is 388 g/mol. The first-order chi connectivity index (χ1) is 13.9. The molecule has 0 spiro atoms. The van der Waals surface area contributed by atoms with Crippen molar-refractivity contribution in [3.8, 4) is 5.75 Å². The number of rotatable bonds is 1. The van der Waals surface area contributed by atoms with E-state index in [0.717, 1.165) is 22.8 Å². The number of allylic oxidation sites excluding steroid dienone is 1. The lowest BCUT2D eigenvalue weighted by molar-refractivity contribution is -0.118. The van der Waals surface area contributed by atoms with Crippen LogP contribution < -0.4 is 14.5 Å². The van der Waals surface area contributed by atoms with E-state index in [9.17, 15) is 4.79 Å². The maximum Gasteiger partial charge on any atom is 0.210 e. The Morgan fingerprint density at radius 3 is 2.24 bits per heavy atom. The normalized spacial score (nSPS) is 26.9. The Labute approximate surface area is 170 Å². The standard InChI is InChI=1S/C24H24N2O3/c1-24(2)14-10-6-7-11-15(14)25(3)22(24)18-20(27)19(21(18)28-5)23-26(4)16-12-8-9-13-17(16)29-23/h6-13,21H,1-5H3/b22-18-,23-19+. The number of hydrogen-bond acceptors (Lipinski definition) is 5. The number of anilines is 2. The van der Waals surface area contributed by atoms with Crippen molar-refractivity contribution in [3.63, 3.8) is 0 Å². The van der Waals surface area contributed by atoms with Crippen LogP contribution in [-0.2, 0) is 14.9 Å². The van der Waals surface area contributed by atoms with Gasteiger partial charge in [-0.1, -0.05) is 44.2 Å². The van der Waals surface area contributed by atoms with Gasteiger partial charge in [-0.25, -0.2) is 0 Å². The SMILES string of the molecule is COC1/C(=C2/Oc3ccccc3N2C)C(=O)/C1=C1/N(C)c2ccccc2C1(C)C. The van der Waals surface area contributed by atoms with Crippen molar-refractivity contribution < 1.29 is 14.3 Å². The Morgan fingerprint density at radius 2 is 1.59 bits per heavy atom. The molecule has 148 valence electrons. The number of hydrogen-bond donors (Lipinski definition) is 0. The van der Waals surface area contributed by atoms with Crippen LogP contribution in [0.4, 0.5) is 11.4 Å². The fourth-order valence-electron chi connectivity index (χ4n) is 4.94. The third-order valence-electron chi connectivity index (χ3n) is 6.34. The first-order valence-electron chi connectivity index (χ1n) is 9.78. The molecule has 1 aliphatic carbocycles. The van der Waals surface area contributed by atoms with E-state index in [2.05, 4.69) is 30.9 Å². The largest absolute Gasteiger partial charge is 0.438 e. The second kappa shape index (κ2) is 5.97. The highest BCUT2D eigenvalue weighted by molar-refractivity contribution is 6.20. The van der Waals surface area contributed by atoms with Crippen LogP contribution in [0.15, 0.2) is 71.3 Å². The van der Waals surface area contributed by atoms with E-state index < -0.39 is 6.10 Å². The molecule has 1 atom stereocenters. The molecule has 2 aliphatic heterocycles. The lowest BCUT2D eigenvalue weighted by Crippen LogP contribution is -2.46. The number of Topliss-reactive ketones (excluding diaryl/α,β-unsaturated/α-hetero) is 1. The molecule has 0 bridgehead atoms. The number of carbonyl (C=O) groups excluding carboxylic acids is 1. The number of ketones is 1. The molecule has 3 aliphatic rings. The predicted molar refractivity (Wildman–Crippen MR) is 113 cm³/mol. The number of ether oxygens (including phenoxy) is 2. The fraction of sp³-hybridized carbons (Fsp3) is 0.292. The topological polar surface area (TPSA) is 42.0 Å². The van der Waals surface area contributed by atoms with Gasteiger partial charge in [0.25, 0.3) is 0 Å². The summed E-state index contributed by atoms with van der Waals surface area (Å²) in [6.07, 6.45) is -0.416. The Morgan fingerprint density at radius 1 is 0.931 bits per heavy atom. The van der Waals surface area contributed by atoms with Gasteiger partial charge in [0.15, 0.2) is 11.5 Å². The van der Waals surface area contributed by atoms with E-state index in [4.69, 9.17) is 9.47 Å². The highest BCUT2D eigenvalue weighted by Gasteiger charge is 2.52. The number of fused-ring (bicyclic) bond motifs is 2. The molecule has 0 N–H and O–H groups in total. The molecule has 0 radical (unpaired) electrons. The van der Waals surface area contributed by atoms with Crippen LogP contribution in [0.3, 0.4) is 0 Å². The zero-order chi connectivity index (χ0) is 20.5. The molecule has 5 nitrogen and oxygen atoms in total. The van der Waals surface area contributed by atoms with Gasteiger partial charge in [0.05, 0.1) is 16.8 Å². The third-order valence-corrected chi connectivity index (χ3v) is 6.34. The van der Waals surface area contributed by atoms with Crippen LogP contribution in [0.5, 0.6) is 5.75 Å². The van der Waals surface area contributed by atoms with Gasteiger partial charge in [0.2, 0.25) is 5.88 Å². The summed E-state index contributed by atoms with van der Waals surface area (Å²) >= 11 is 0. The number of nitrogens with zero attached hydrogens (tertiary/aromatic N) is 2. The van der Waals surface area contributed by atoms with Gasteiger partial charge in [0.1, 0.15) is 6.10 Å². The Bertz CT molecular complexity index is 1110. The van der Waals surface area contributed by atoms with E-state index in [1.54, 1.807) is 7.11 Å². The second-order valence-corrected chi connectivity index (χ2v) is 8.26. The molecule has 29 heavy (non-hydrogen) atoms. The molecule has 5 rings (SSSR count). The summed E-state index contributed by atoms with van der Waals surface area (Å²) in [5, 5.41) is 0. The highest BCUT2D eigenvalue weighted by Crippen LogP contribution is 2.52. The maximum absolute atomic E-state index is 13.5. The number of para-hydroxylation sites is 3. The lowest BCUT2D eigenvalue weighted by Gasteiger charge is -2.38. The number of methoxy groups -OCH3 is 1. The average Bonchev–Trinajstić information content (AvgIpc) is 3.14. The molecule has 2 aromatic carbocycles. The Balaban J connectivity index is 1.63. The highest BCUT2D eigenvalue weighted by atomic mass is 16.5. The van der Waals surface area contributed by atoms with E-state index in [1.807, 2.05) is 55.4 Å². The maximum atomic E-state index is 13.5. The quantitative estimate of drug-likeness (QED) is 0.691. The van der Waals surface area contributed by atoms with Gasteiger partial charge in [-0.05, 0) is 23.8 Å². The first-order valence-corrected chi connectivity index (χ1v) is 9.78. The first kappa shape index (κ1) is 18.0. The molecule has 2 aromatic rings. The van der Waals surface area contributed by atoms with E-state index in [1.165, 1.54) is 5.56 Å². The Hall–Kier alpha value is -3.05. The van der Waals surface area contributed by atoms with Crippen molar-refractivity contribution >= 4 is 17.2 Å². The van der Waals surface area contributed by atoms with Crippen LogP contribution in [0.1, 0.15) is 19.4 Å². The molecule has 1 unspecified atom stereocenters. The summed E-state index contributed by atoms with van der Waals surface area (Å²) in [4.78, 5) is 17.5. The molecule has 1 fully saturated rings. The third kappa shape index (κ3) is 2.22. The van der Waals surface area contributed by atoms with Gasteiger partial charge in [0, 0.05) is 38.0 Å². The van der Waals surface area contributed by atoms with Gasteiger partial charge >= 0.3 is 0 Å². The van der Waals surface area contributed by atoms with Crippen molar-refractivity contribution in [2.75, 3.05) is 31.0 Å². The van der Waals surface area contributed by atoms with E-state index in [0.29, 0.717) is 17.0 Å². The van der Waals surface area contributed by atoms with Crippen LogP contribution in [0, 0.1) is 0 Å². The summed E-state index contributed by atoms with van der Waals surface area (Å²) in [5.74, 6) is 1.31. The molecule has 0 amide bonds. The van der Waals surface area contributed by atoms with Crippen LogP contribution in [0.2, 0.25) is 0 Å². The van der Waals surface area contributed by atoms with Crippen LogP contribution in [-0.4, -0.2) is 33.1 Å². The molecular formula is C24H24N2O3. The van der Waals surface area contributed by atoms with Crippen LogP contribution in [0.25, 0.3) is 0 Å². The number of benzene rings is 2. The second-order valence-electron chi connectivity index (χ2n) is 8.26. The van der Waals surface area contributed by atoms with Gasteiger partial charge < -0.3 is 19.3 Å². The summed E-state index contributed by atoms with van der Waals surface area (Å²) in [5.41, 5.74) is 5.30.